The summed E-state index contributed by atoms with van der Waals surface area (Å²) in [4.78, 5) is 23.2. The average molecular weight is 279 g/mol. The molecule has 0 fully saturated rings. The Labute approximate surface area is 115 Å². The number of nitrogens with one attached hydrogen (secondary N) is 1. The van der Waals surface area contributed by atoms with Crippen LogP contribution in [0.25, 0.3) is 0 Å². The number of aromatic nitrogens is 5. The molecule has 2 aromatic heterocycles. The van der Waals surface area contributed by atoms with Crippen LogP contribution in [0.2, 0.25) is 0 Å². The fraction of sp³-hybridized carbons (Fsp3) is 0.455. The number of nitrogens with zero attached hydrogens (tertiary/aromatic N) is 5. The van der Waals surface area contributed by atoms with Crippen molar-refractivity contribution >= 4 is 5.91 Å². The lowest BCUT2D eigenvalue weighted by atomic mass is 10.4. The molecule has 0 aliphatic heterocycles. The Balaban J connectivity index is 2.04. The quantitative estimate of drug-likeness (QED) is 0.419. The molecule has 9 nitrogen and oxygen atoms in total. The zero-order chi connectivity index (χ0) is 14.7. The van der Waals surface area contributed by atoms with Gasteiger partial charge in [0.25, 0.3) is 5.91 Å². The Bertz CT molecular complexity index is 652. The molecule has 9 heteroatoms. The molecular formula is C11H17N7O2. The van der Waals surface area contributed by atoms with Gasteiger partial charge in [0.15, 0.2) is 5.69 Å². The highest BCUT2D eigenvalue weighted by Crippen LogP contribution is 1.99. The Morgan fingerprint density at radius 2 is 2.15 bits per heavy atom. The number of hydrogen-bond acceptors (Lipinski definition) is 5. The minimum Gasteiger partial charge on any atom is -0.297 e. The number of aryl methyl sites for hydroxylation is 2. The van der Waals surface area contributed by atoms with Crippen LogP contribution in [0.15, 0.2) is 23.4 Å². The van der Waals surface area contributed by atoms with E-state index < -0.39 is 5.91 Å². The summed E-state index contributed by atoms with van der Waals surface area (Å²) in [7, 11) is 0. The SMILES string of the molecule is CC(C)n1ccn(CCn2cc(C(=O)NN)nn2)c1=O. The number of nitrogens with two attached hydrogens (primary N) is 1. The predicted octanol–water partition coefficient (Wildman–Crippen LogP) is -0.874. The van der Waals surface area contributed by atoms with E-state index in [4.69, 9.17) is 5.84 Å². The van der Waals surface area contributed by atoms with Crippen LogP contribution in [0.3, 0.4) is 0 Å². The van der Waals surface area contributed by atoms with Gasteiger partial charge in [-0.2, -0.15) is 0 Å². The number of carbonyl (C=O) groups excluding carboxylic acids is 1. The van der Waals surface area contributed by atoms with Gasteiger partial charge in [0.2, 0.25) is 0 Å². The third-order valence-electron chi connectivity index (χ3n) is 2.90. The smallest absolute Gasteiger partial charge is 0.297 e. The van der Waals surface area contributed by atoms with Crippen molar-refractivity contribution < 1.29 is 4.79 Å². The minimum atomic E-state index is -0.501. The molecule has 2 rings (SSSR count). The number of rotatable bonds is 5. The van der Waals surface area contributed by atoms with E-state index in [2.05, 4.69) is 10.3 Å². The van der Waals surface area contributed by atoms with Crippen LogP contribution < -0.4 is 17.0 Å². The summed E-state index contributed by atoms with van der Waals surface area (Å²) in [6, 6.07) is 0.120. The fourth-order valence-corrected chi connectivity index (χ4v) is 1.79. The first-order valence-corrected chi connectivity index (χ1v) is 6.21. The topological polar surface area (TPSA) is 113 Å². The summed E-state index contributed by atoms with van der Waals surface area (Å²) >= 11 is 0. The van der Waals surface area contributed by atoms with Crippen molar-refractivity contribution in [1.82, 2.24) is 29.6 Å². The molecule has 0 atom stereocenters. The molecule has 0 aliphatic rings. The number of imidazole rings is 1. The molecule has 2 heterocycles. The van der Waals surface area contributed by atoms with Gasteiger partial charge in [0.1, 0.15) is 0 Å². The van der Waals surface area contributed by atoms with Gasteiger partial charge in [0, 0.05) is 25.0 Å². The van der Waals surface area contributed by atoms with E-state index in [1.165, 1.54) is 10.9 Å². The van der Waals surface area contributed by atoms with Crippen molar-refractivity contribution in [1.29, 1.82) is 0 Å². The summed E-state index contributed by atoms with van der Waals surface area (Å²) in [6.07, 6.45) is 4.96. The maximum atomic E-state index is 12.0. The lowest BCUT2D eigenvalue weighted by molar-refractivity contribution is 0.0948. The number of hydrogen-bond donors (Lipinski definition) is 2. The summed E-state index contributed by atoms with van der Waals surface area (Å²) < 4.78 is 4.72. The Kier molecular flexibility index (Phi) is 3.99. The van der Waals surface area contributed by atoms with Gasteiger partial charge in [0.05, 0.1) is 12.7 Å². The number of hydrazine groups is 1. The summed E-state index contributed by atoms with van der Waals surface area (Å²) in [5, 5.41) is 7.48. The highest BCUT2D eigenvalue weighted by molar-refractivity contribution is 5.91. The van der Waals surface area contributed by atoms with E-state index in [1.807, 2.05) is 19.3 Å². The molecule has 1 amide bonds. The van der Waals surface area contributed by atoms with E-state index >= 15 is 0 Å². The van der Waals surface area contributed by atoms with Crippen LogP contribution in [-0.4, -0.2) is 30.0 Å². The molecule has 0 saturated heterocycles. The van der Waals surface area contributed by atoms with Gasteiger partial charge in [-0.25, -0.2) is 15.3 Å². The van der Waals surface area contributed by atoms with Gasteiger partial charge < -0.3 is 0 Å². The third kappa shape index (κ3) is 2.77. The number of amides is 1. The standard InChI is InChI=1S/C11H17N7O2/c1-8(2)18-6-4-16(11(18)20)3-5-17-7-9(14-15-17)10(19)13-12/h4,6-8H,3,5,12H2,1-2H3,(H,13,19). The average Bonchev–Trinajstić information content (AvgIpc) is 3.02. The van der Waals surface area contributed by atoms with Gasteiger partial charge in [-0.3, -0.25) is 19.4 Å². The molecule has 0 aliphatic carbocycles. The van der Waals surface area contributed by atoms with Gasteiger partial charge in [-0.15, -0.1) is 5.10 Å². The van der Waals surface area contributed by atoms with Crippen molar-refractivity contribution in [3.8, 4) is 0 Å². The Morgan fingerprint density at radius 3 is 2.75 bits per heavy atom. The maximum absolute atomic E-state index is 12.0. The fourth-order valence-electron chi connectivity index (χ4n) is 1.79. The van der Waals surface area contributed by atoms with E-state index in [1.54, 1.807) is 21.5 Å². The second kappa shape index (κ2) is 5.70. The molecule has 20 heavy (non-hydrogen) atoms. The molecule has 108 valence electrons. The van der Waals surface area contributed by atoms with E-state index in [0.29, 0.717) is 13.1 Å². The first-order valence-electron chi connectivity index (χ1n) is 6.21. The molecule has 0 radical (unpaired) electrons. The second-order valence-corrected chi connectivity index (χ2v) is 4.62. The monoisotopic (exact) mass is 279 g/mol. The highest BCUT2D eigenvalue weighted by atomic mass is 16.2. The van der Waals surface area contributed by atoms with Crippen LogP contribution in [0.5, 0.6) is 0 Å². The van der Waals surface area contributed by atoms with Crippen LogP contribution in [0, 0.1) is 0 Å². The second-order valence-electron chi connectivity index (χ2n) is 4.62. The molecular weight excluding hydrogens is 262 g/mol. The van der Waals surface area contributed by atoms with Crippen LogP contribution in [0.1, 0.15) is 30.4 Å². The third-order valence-corrected chi connectivity index (χ3v) is 2.90. The van der Waals surface area contributed by atoms with E-state index in [9.17, 15) is 9.59 Å². The van der Waals surface area contributed by atoms with Crippen molar-refractivity contribution in [3.63, 3.8) is 0 Å². The zero-order valence-corrected chi connectivity index (χ0v) is 11.4. The zero-order valence-electron chi connectivity index (χ0n) is 11.4. The normalized spacial score (nSPS) is 11.0. The lowest BCUT2D eigenvalue weighted by Crippen LogP contribution is -2.30. The predicted molar refractivity (Wildman–Crippen MR) is 70.8 cm³/mol. The molecule has 0 saturated carbocycles. The van der Waals surface area contributed by atoms with Gasteiger partial charge in [-0.05, 0) is 13.8 Å². The van der Waals surface area contributed by atoms with Crippen molar-refractivity contribution in [2.24, 2.45) is 5.84 Å². The summed E-state index contributed by atoms with van der Waals surface area (Å²) in [5.74, 6) is 4.50. The van der Waals surface area contributed by atoms with Gasteiger partial charge >= 0.3 is 5.69 Å². The number of nitrogen functional groups attached to an aromatic ring is 1. The largest absolute Gasteiger partial charge is 0.328 e. The summed E-state index contributed by atoms with van der Waals surface area (Å²) in [5.41, 5.74) is 2.05. The van der Waals surface area contributed by atoms with Crippen molar-refractivity contribution in [3.05, 3.63) is 34.8 Å². The molecule has 0 bridgehead atoms. The summed E-state index contributed by atoms with van der Waals surface area (Å²) in [6.45, 7) is 4.78. The minimum absolute atomic E-state index is 0.0694. The Morgan fingerprint density at radius 1 is 1.40 bits per heavy atom. The van der Waals surface area contributed by atoms with Crippen LogP contribution >= 0.6 is 0 Å². The molecule has 0 aromatic carbocycles. The van der Waals surface area contributed by atoms with Gasteiger partial charge in [-0.1, -0.05) is 5.21 Å². The Hall–Kier alpha value is -2.42. The first kappa shape index (κ1) is 14.0. The lowest BCUT2D eigenvalue weighted by Gasteiger charge is -2.04. The molecule has 3 N–H and O–H groups in total. The van der Waals surface area contributed by atoms with Crippen molar-refractivity contribution in [2.45, 2.75) is 33.0 Å². The van der Waals surface area contributed by atoms with Crippen molar-refractivity contribution in [2.75, 3.05) is 0 Å². The van der Waals surface area contributed by atoms with E-state index in [0.717, 1.165) is 0 Å². The highest BCUT2D eigenvalue weighted by Gasteiger charge is 2.10. The molecule has 2 aromatic rings. The first-order chi connectivity index (χ1) is 9.52. The number of carbonyl (C=O) groups is 1. The van der Waals surface area contributed by atoms with Crippen LogP contribution in [-0.2, 0) is 13.1 Å². The molecule has 0 spiro atoms. The van der Waals surface area contributed by atoms with Crippen LogP contribution in [0.4, 0.5) is 0 Å². The molecule has 0 unspecified atom stereocenters. The van der Waals surface area contributed by atoms with E-state index in [-0.39, 0.29) is 17.4 Å². The maximum Gasteiger partial charge on any atom is 0.328 e.